The Morgan fingerprint density at radius 2 is 2.00 bits per heavy atom. The second-order valence-electron chi connectivity index (χ2n) is 4.71. The van der Waals surface area contributed by atoms with Crippen molar-refractivity contribution in [2.45, 2.75) is 44.2 Å². The summed E-state index contributed by atoms with van der Waals surface area (Å²) >= 11 is 0. The first kappa shape index (κ1) is 11.6. The molecule has 1 saturated carbocycles. The lowest BCUT2D eigenvalue weighted by molar-refractivity contribution is 0.112. The molecule has 16 heavy (non-hydrogen) atoms. The van der Waals surface area contributed by atoms with Crippen LogP contribution in [0, 0.1) is 0 Å². The summed E-state index contributed by atoms with van der Waals surface area (Å²) in [4.78, 5) is 0. The molecule has 88 valence electrons. The summed E-state index contributed by atoms with van der Waals surface area (Å²) in [6.45, 7) is 1.02. The number of hydrogen-bond donors (Lipinski definition) is 2. The molecular weight excluding hydrogens is 198 g/mol. The second kappa shape index (κ2) is 6.02. The van der Waals surface area contributed by atoms with Crippen molar-refractivity contribution >= 4 is 0 Å². The Morgan fingerprint density at radius 1 is 1.19 bits per heavy atom. The van der Waals surface area contributed by atoms with Gasteiger partial charge in [-0.15, -0.1) is 0 Å². The SMILES string of the molecule is O[C@H]1CCC[C@H](NCCc2ccccc2)C1. The van der Waals surface area contributed by atoms with Crippen LogP contribution in [0.5, 0.6) is 0 Å². The molecule has 1 aromatic carbocycles. The number of benzene rings is 1. The Labute approximate surface area is 97.7 Å². The quantitative estimate of drug-likeness (QED) is 0.813. The smallest absolute Gasteiger partial charge is 0.0555 e. The maximum atomic E-state index is 9.56. The summed E-state index contributed by atoms with van der Waals surface area (Å²) in [6.07, 6.45) is 5.28. The van der Waals surface area contributed by atoms with Gasteiger partial charge in [-0.05, 0) is 44.2 Å². The average Bonchev–Trinajstić information content (AvgIpc) is 2.30. The molecule has 0 aromatic heterocycles. The molecule has 2 rings (SSSR count). The van der Waals surface area contributed by atoms with Gasteiger partial charge in [0.2, 0.25) is 0 Å². The van der Waals surface area contributed by atoms with Gasteiger partial charge < -0.3 is 10.4 Å². The molecular formula is C14H21NO. The monoisotopic (exact) mass is 219 g/mol. The van der Waals surface area contributed by atoms with Gasteiger partial charge in [0.15, 0.2) is 0 Å². The Kier molecular flexibility index (Phi) is 4.37. The van der Waals surface area contributed by atoms with Crippen molar-refractivity contribution < 1.29 is 5.11 Å². The van der Waals surface area contributed by atoms with E-state index in [-0.39, 0.29) is 6.10 Å². The third-order valence-corrected chi connectivity index (χ3v) is 3.34. The largest absolute Gasteiger partial charge is 0.393 e. The van der Waals surface area contributed by atoms with Gasteiger partial charge in [0, 0.05) is 6.04 Å². The highest BCUT2D eigenvalue weighted by Gasteiger charge is 2.18. The van der Waals surface area contributed by atoms with Crippen molar-refractivity contribution in [1.29, 1.82) is 0 Å². The lowest BCUT2D eigenvalue weighted by Gasteiger charge is -2.26. The lowest BCUT2D eigenvalue weighted by Crippen LogP contribution is -2.37. The molecule has 1 aliphatic rings. The fourth-order valence-corrected chi connectivity index (χ4v) is 2.41. The molecule has 2 heteroatoms. The Hall–Kier alpha value is -0.860. The van der Waals surface area contributed by atoms with Crippen molar-refractivity contribution in [2.75, 3.05) is 6.54 Å². The molecule has 1 aliphatic carbocycles. The van der Waals surface area contributed by atoms with Gasteiger partial charge in [0.25, 0.3) is 0 Å². The van der Waals surface area contributed by atoms with Gasteiger partial charge in [0.05, 0.1) is 6.10 Å². The minimum atomic E-state index is -0.0806. The van der Waals surface area contributed by atoms with E-state index in [9.17, 15) is 5.11 Å². The normalized spacial score (nSPS) is 25.6. The number of rotatable bonds is 4. The van der Waals surface area contributed by atoms with Crippen molar-refractivity contribution in [1.82, 2.24) is 5.32 Å². The Morgan fingerprint density at radius 3 is 2.75 bits per heavy atom. The van der Waals surface area contributed by atoms with Gasteiger partial charge in [-0.25, -0.2) is 0 Å². The molecule has 0 heterocycles. The maximum Gasteiger partial charge on any atom is 0.0555 e. The van der Waals surface area contributed by atoms with Crippen LogP contribution in [0.2, 0.25) is 0 Å². The predicted octanol–water partition coefficient (Wildman–Crippen LogP) is 2.12. The molecule has 1 fully saturated rings. The molecule has 0 bridgehead atoms. The van der Waals surface area contributed by atoms with Crippen LogP contribution in [0.1, 0.15) is 31.2 Å². The summed E-state index contributed by atoms with van der Waals surface area (Å²) in [5, 5.41) is 13.1. The van der Waals surface area contributed by atoms with Crippen LogP contribution in [-0.4, -0.2) is 23.8 Å². The molecule has 0 spiro atoms. The average molecular weight is 219 g/mol. The molecule has 0 saturated heterocycles. The van der Waals surface area contributed by atoms with Gasteiger partial charge in [-0.1, -0.05) is 30.3 Å². The molecule has 2 nitrogen and oxygen atoms in total. The van der Waals surface area contributed by atoms with Crippen LogP contribution in [0.15, 0.2) is 30.3 Å². The van der Waals surface area contributed by atoms with E-state index < -0.39 is 0 Å². The highest BCUT2D eigenvalue weighted by atomic mass is 16.3. The van der Waals surface area contributed by atoms with Gasteiger partial charge in [-0.2, -0.15) is 0 Å². The standard InChI is InChI=1S/C14H21NO/c16-14-8-4-7-13(11-14)15-10-9-12-5-2-1-3-6-12/h1-3,5-6,13-16H,4,7-11H2/t13-,14-/m0/s1. The van der Waals surface area contributed by atoms with E-state index in [1.807, 2.05) is 0 Å². The second-order valence-corrected chi connectivity index (χ2v) is 4.71. The van der Waals surface area contributed by atoms with E-state index in [1.165, 1.54) is 12.0 Å². The third-order valence-electron chi connectivity index (χ3n) is 3.34. The van der Waals surface area contributed by atoms with Crippen LogP contribution in [-0.2, 0) is 6.42 Å². The molecule has 0 aliphatic heterocycles. The van der Waals surface area contributed by atoms with E-state index in [2.05, 4.69) is 35.6 Å². The van der Waals surface area contributed by atoms with Crippen LogP contribution in [0.4, 0.5) is 0 Å². The first-order valence-corrected chi connectivity index (χ1v) is 6.30. The number of nitrogens with one attached hydrogen (secondary N) is 1. The number of aliphatic hydroxyl groups is 1. The van der Waals surface area contributed by atoms with E-state index in [1.54, 1.807) is 0 Å². The summed E-state index contributed by atoms with van der Waals surface area (Å²) in [5.41, 5.74) is 1.38. The van der Waals surface area contributed by atoms with Crippen LogP contribution < -0.4 is 5.32 Å². The number of aliphatic hydroxyl groups excluding tert-OH is 1. The van der Waals surface area contributed by atoms with E-state index in [4.69, 9.17) is 0 Å². The lowest BCUT2D eigenvalue weighted by atomic mass is 9.93. The van der Waals surface area contributed by atoms with Crippen LogP contribution in [0.25, 0.3) is 0 Å². The van der Waals surface area contributed by atoms with Crippen molar-refractivity contribution in [2.24, 2.45) is 0 Å². The van der Waals surface area contributed by atoms with E-state index in [0.717, 1.165) is 32.2 Å². The molecule has 2 atom stereocenters. The van der Waals surface area contributed by atoms with E-state index in [0.29, 0.717) is 6.04 Å². The molecule has 0 unspecified atom stereocenters. The van der Waals surface area contributed by atoms with Crippen molar-refractivity contribution in [3.8, 4) is 0 Å². The maximum absolute atomic E-state index is 9.56. The van der Waals surface area contributed by atoms with Gasteiger partial charge in [-0.3, -0.25) is 0 Å². The molecule has 0 amide bonds. The van der Waals surface area contributed by atoms with Crippen LogP contribution >= 0.6 is 0 Å². The van der Waals surface area contributed by atoms with Crippen molar-refractivity contribution in [3.05, 3.63) is 35.9 Å². The Bertz CT molecular complexity index is 299. The zero-order chi connectivity index (χ0) is 11.2. The van der Waals surface area contributed by atoms with Crippen LogP contribution in [0.3, 0.4) is 0 Å². The van der Waals surface area contributed by atoms with Gasteiger partial charge in [0.1, 0.15) is 0 Å². The first-order valence-electron chi connectivity index (χ1n) is 6.30. The minimum Gasteiger partial charge on any atom is -0.393 e. The fourth-order valence-electron chi connectivity index (χ4n) is 2.41. The minimum absolute atomic E-state index is 0.0806. The summed E-state index contributed by atoms with van der Waals surface area (Å²) in [7, 11) is 0. The summed E-state index contributed by atoms with van der Waals surface area (Å²) in [6, 6.07) is 11.1. The first-order chi connectivity index (χ1) is 7.84. The molecule has 1 aromatic rings. The Balaban J connectivity index is 1.68. The third kappa shape index (κ3) is 3.62. The zero-order valence-corrected chi connectivity index (χ0v) is 9.73. The summed E-state index contributed by atoms with van der Waals surface area (Å²) in [5.74, 6) is 0. The predicted molar refractivity (Wildman–Crippen MR) is 66.4 cm³/mol. The highest BCUT2D eigenvalue weighted by molar-refractivity contribution is 5.14. The van der Waals surface area contributed by atoms with Gasteiger partial charge >= 0.3 is 0 Å². The van der Waals surface area contributed by atoms with Crippen molar-refractivity contribution in [3.63, 3.8) is 0 Å². The topological polar surface area (TPSA) is 32.3 Å². The zero-order valence-electron chi connectivity index (χ0n) is 9.73. The fraction of sp³-hybridized carbons (Fsp3) is 0.571. The molecule has 2 N–H and O–H groups in total. The molecule has 0 radical (unpaired) electrons. The summed E-state index contributed by atoms with van der Waals surface area (Å²) < 4.78 is 0. The highest BCUT2D eigenvalue weighted by Crippen LogP contribution is 2.18. The van der Waals surface area contributed by atoms with E-state index >= 15 is 0 Å². The number of hydrogen-bond acceptors (Lipinski definition) is 2.